The first kappa shape index (κ1) is 75.2. The van der Waals surface area contributed by atoms with Gasteiger partial charge in [0.15, 0.2) is 31.5 Å². The maximum Gasteiger partial charge on any atom is 0.315 e. The van der Waals surface area contributed by atoms with Gasteiger partial charge >= 0.3 is 5.97 Å². The molecule has 0 aromatic rings. The van der Waals surface area contributed by atoms with Crippen LogP contribution < -0.4 is 0 Å². The number of esters is 1. The Labute approximate surface area is 556 Å². The Kier molecular flexibility index (Phi) is 22.1. The van der Waals surface area contributed by atoms with Crippen molar-refractivity contribution in [2.24, 2.45) is 50.2 Å². The normalized spacial score (nSPS) is 54.1. The first-order valence-electron chi connectivity index (χ1n) is 34.1. The Balaban J connectivity index is 0.748. The Morgan fingerprint density at radius 1 is 0.490 bits per heavy atom. The van der Waals surface area contributed by atoms with Gasteiger partial charge in [-0.2, -0.15) is 0 Å². The Morgan fingerprint density at radius 3 is 1.68 bits per heavy atom. The van der Waals surface area contributed by atoms with Crippen LogP contribution in [0.25, 0.3) is 0 Å². The number of fused-ring (bicyclic) bond motifs is 7. The minimum Gasteiger partial charge on any atom is -0.432 e. The van der Waals surface area contributed by atoms with Crippen molar-refractivity contribution < 1.29 is 154 Å². The molecule has 552 valence electrons. The van der Waals surface area contributed by atoms with Crippen molar-refractivity contribution in [3.63, 3.8) is 0 Å². The van der Waals surface area contributed by atoms with E-state index in [2.05, 4.69) is 54.5 Å². The highest BCUT2D eigenvalue weighted by molar-refractivity contribution is 5.79. The summed E-state index contributed by atoms with van der Waals surface area (Å²) in [6.07, 6.45) is -40.1. The van der Waals surface area contributed by atoms with E-state index < -0.39 is 233 Å². The van der Waals surface area contributed by atoms with Gasteiger partial charge in [0.05, 0.1) is 50.7 Å². The standard InChI is InChI=1S/C65H106O31/c1-25-36(70)40(74)44(78)55(87-25)94-51-31(22-68)90-53(47(81)43(51)77)86-24-32-38(72)42(76)46(80)57(91-32)96-59(84)65-17-15-60(2,3)19-27(65)26-9-10-34-62(6)13-12-35(61(4,5)33(62)11-14-64(34,8)63(26,7)16-18-65)92-54-48(82)50(28(69)23-85-54)93-58-49(83)52(39(73)30(21-67)89-58)95-56-45(79)41(75)37(71)29(20-66)88-56/h9,25,27-58,66-83H,10-24H2,1-8H3. The third-order valence-corrected chi connectivity index (χ3v) is 25.2. The van der Waals surface area contributed by atoms with Gasteiger partial charge in [-0.25, -0.2) is 0 Å². The lowest BCUT2D eigenvalue weighted by molar-refractivity contribution is -0.379. The summed E-state index contributed by atoms with van der Waals surface area (Å²) in [6, 6.07) is 0. The summed E-state index contributed by atoms with van der Waals surface area (Å²) in [5, 5.41) is 195. The summed E-state index contributed by atoms with van der Waals surface area (Å²) >= 11 is 0. The third kappa shape index (κ3) is 12.9. The molecule has 0 aromatic heterocycles. The number of rotatable bonds is 16. The molecule has 0 radical (unpaired) electrons. The second-order valence-corrected chi connectivity index (χ2v) is 31.5. The maximum absolute atomic E-state index is 15.3. The highest BCUT2D eigenvalue weighted by Gasteiger charge is 2.71. The van der Waals surface area contributed by atoms with Gasteiger partial charge in [0.2, 0.25) is 6.29 Å². The lowest BCUT2D eigenvalue weighted by atomic mass is 9.33. The van der Waals surface area contributed by atoms with Crippen LogP contribution >= 0.6 is 0 Å². The summed E-state index contributed by atoms with van der Waals surface area (Å²) in [6.45, 7) is 13.7. The largest absolute Gasteiger partial charge is 0.432 e. The molecule has 10 fully saturated rings. The van der Waals surface area contributed by atoms with Crippen LogP contribution in [0.5, 0.6) is 0 Å². The number of ether oxygens (including phenoxy) is 12. The van der Waals surface area contributed by atoms with E-state index in [0.29, 0.717) is 44.9 Å². The number of hydrogen-bond acceptors (Lipinski definition) is 31. The topological polar surface area (TPSA) is 492 Å². The molecule has 0 spiro atoms. The van der Waals surface area contributed by atoms with Crippen molar-refractivity contribution in [1.29, 1.82) is 0 Å². The molecule has 18 N–H and O–H groups in total. The molecule has 6 aliphatic heterocycles. The van der Waals surface area contributed by atoms with E-state index in [9.17, 15) is 91.9 Å². The van der Waals surface area contributed by atoms with Gasteiger partial charge in [-0.05, 0) is 116 Å². The fraction of sp³-hybridized carbons (Fsp3) is 0.954. The minimum atomic E-state index is -1.93. The smallest absolute Gasteiger partial charge is 0.315 e. The molecule has 0 amide bonds. The molecule has 4 saturated carbocycles. The average molecular weight is 1380 g/mol. The molecule has 0 aromatic carbocycles. The quantitative estimate of drug-likeness (QED) is 0.0392. The molecule has 11 aliphatic rings. The lowest BCUT2D eigenvalue weighted by Crippen LogP contribution is -2.67. The van der Waals surface area contributed by atoms with Crippen molar-refractivity contribution >= 4 is 5.97 Å². The van der Waals surface area contributed by atoms with Gasteiger partial charge < -0.3 is 149 Å². The van der Waals surface area contributed by atoms with Gasteiger partial charge in [-0.15, -0.1) is 0 Å². The van der Waals surface area contributed by atoms with Crippen molar-refractivity contribution in [3.05, 3.63) is 11.6 Å². The number of aliphatic hydroxyl groups is 18. The van der Waals surface area contributed by atoms with Crippen LogP contribution in [-0.4, -0.2) is 315 Å². The van der Waals surface area contributed by atoms with E-state index in [1.54, 1.807) is 0 Å². The summed E-state index contributed by atoms with van der Waals surface area (Å²) in [7, 11) is 0. The number of carbonyl (C=O) groups is 1. The molecule has 11 rings (SSSR count). The number of carbonyl (C=O) groups excluding carboxylic acids is 1. The second kappa shape index (κ2) is 28.3. The Hall–Kier alpha value is -1.95. The third-order valence-electron chi connectivity index (χ3n) is 25.2. The fourth-order valence-electron chi connectivity index (χ4n) is 19.1. The predicted octanol–water partition coefficient (Wildman–Crippen LogP) is -4.72. The first-order valence-corrected chi connectivity index (χ1v) is 34.1. The zero-order valence-electron chi connectivity index (χ0n) is 55.6. The molecule has 37 unspecified atom stereocenters. The SMILES string of the molecule is CC1OC(OC2C(CO)OC(OCC3OC(OC(=O)C45CCC(C)(C)CC4C4=CCC6C7(C)CCC(OC8OCC(O)C(OC9OC(CO)C(O)C(OC%10OC(CO)C(O)C(O)C%10O)C9O)C8O)C(C)(C)C7CCC6(C)C4(C)CC5)C(O)C(O)C3O)C(O)C2O)C(O)C(O)C1O. The van der Waals surface area contributed by atoms with Crippen LogP contribution in [0, 0.1) is 50.2 Å². The second-order valence-electron chi connectivity index (χ2n) is 31.5. The molecule has 31 nitrogen and oxygen atoms in total. The van der Waals surface area contributed by atoms with Gasteiger partial charge in [0, 0.05) is 0 Å². The first-order chi connectivity index (χ1) is 45.0. The van der Waals surface area contributed by atoms with E-state index >= 15 is 4.79 Å². The summed E-state index contributed by atoms with van der Waals surface area (Å²) in [4.78, 5) is 15.3. The highest BCUT2D eigenvalue weighted by Crippen LogP contribution is 2.76. The zero-order chi connectivity index (χ0) is 70.0. The fourth-order valence-corrected chi connectivity index (χ4v) is 19.1. The molecular weight excluding hydrogens is 1280 g/mol. The molecule has 37 atom stereocenters. The van der Waals surface area contributed by atoms with Gasteiger partial charge in [-0.1, -0.05) is 60.1 Å². The summed E-state index contributed by atoms with van der Waals surface area (Å²) in [5.74, 6) is -0.660. The Bertz CT molecular complexity index is 2690. The molecule has 0 bridgehead atoms. The van der Waals surface area contributed by atoms with Crippen LogP contribution in [0.3, 0.4) is 0 Å². The molecule has 31 heteroatoms. The van der Waals surface area contributed by atoms with E-state index in [4.69, 9.17) is 56.8 Å². The van der Waals surface area contributed by atoms with Crippen LogP contribution in [0.2, 0.25) is 0 Å². The molecule has 6 heterocycles. The van der Waals surface area contributed by atoms with Crippen molar-refractivity contribution in [1.82, 2.24) is 0 Å². The molecule has 6 saturated heterocycles. The number of aliphatic hydroxyl groups excluding tert-OH is 18. The van der Waals surface area contributed by atoms with Gasteiger partial charge in [0.1, 0.15) is 134 Å². The lowest BCUT2D eigenvalue weighted by Gasteiger charge is -2.71. The van der Waals surface area contributed by atoms with Crippen molar-refractivity contribution in [3.8, 4) is 0 Å². The molecular formula is C65H106O31. The van der Waals surface area contributed by atoms with E-state index in [1.165, 1.54) is 12.5 Å². The van der Waals surface area contributed by atoms with Crippen LogP contribution in [0.15, 0.2) is 11.6 Å². The number of hydrogen-bond donors (Lipinski definition) is 18. The van der Waals surface area contributed by atoms with Crippen molar-refractivity contribution in [2.45, 2.75) is 304 Å². The monoisotopic (exact) mass is 1380 g/mol. The van der Waals surface area contributed by atoms with Crippen LogP contribution in [0.1, 0.15) is 120 Å². The summed E-state index contributed by atoms with van der Waals surface area (Å²) < 4.78 is 70.7. The Morgan fingerprint density at radius 2 is 1.02 bits per heavy atom. The zero-order valence-corrected chi connectivity index (χ0v) is 55.6. The summed E-state index contributed by atoms with van der Waals surface area (Å²) in [5.41, 5.74) is -1.51. The van der Waals surface area contributed by atoms with Gasteiger partial charge in [0.25, 0.3) is 0 Å². The van der Waals surface area contributed by atoms with E-state index in [-0.39, 0.29) is 40.6 Å². The minimum absolute atomic E-state index is 0.0924. The molecule has 96 heavy (non-hydrogen) atoms. The van der Waals surface area contributed by atoms with Crippen LogP contribution in [0.4, 0.5) is 0 Å². The highest BCUT2D eigenvalue weighted by atomic mass is 16.8. The van der Waals surface area contributed by atoms with E-state index in [1.807, 2.05) is 0 Å². The van der Waals surface area contributed by atoms with Crippen LogP contribution in [-0.2, 0) is 61.6 Å². The average Bonchev–Trinajstić information content (AvgIpc) is 0.681. The molecule has 5 aliphatic carbocycles. The number of allylic oxidation sites excluding steroid dienone is 2. The van der Waals surface area contributed by atoms with Crippen molar-refractivity contribution in [2.75, 3.05) is 33.0 Å². The maximum atomic E-state index is 15.3. The van der Waals surface area contributed by atoms with E-state index in [0.717, 1.165) is 19.3 Å². The van der Waals surface area contributed by atoms with Gasteiger partial charge in [-0.3, -0.25) is 4.79 Å². The predicted molar refractivity (Wildman–Crippen MR) is 321 cm³/mol.